The highest BCUT2D eigenvalue weighted by Crippen LogP contribution is 2.46. The predicted octanol–water partition coefficient (Wildman–Crippen LogP) is 2.67. The Kier molecular flexibility index (Phi) is 5.06. The fourth-order valence-corrected chi connectivity index (χ4v) is 1.41. The van der Waals surface area contributed by atoms with Crippen molar-refractivity contribution in [3.05, 3.63) is 35.9 Å². The van der Waals surface area contributed by atoms with Crippen molar-refractivity contribution in [3.8, 4) is 0 Å². The Morgan fingerprint density at radius 1 is 1.05 bits per heavy atom. The summed E-state index contributed by atoms with van der Waals surface area (Å²) in [5.41, 5.74) is 0.161. The smallest absolute Gasteiger partial charge is 0.387 e. The normalized spacial score (nSPS) is 14.5. The van der Waals surface area contributed by atoms with Crippen LogP contribution in [0.2, 0.25) is 0 Å². The van der Waals surface area contributed by atoms with E-state index in [4.69, 9.17) is 0 Å². The molecule has 10 heteroatoms. The third-order valence-corrected chi connectivity index (χ3v) is 2.68. The maximum absolute atomic E-state index is 13.0. The maximum Gasteiger partial charge on any atom is 0.460 e. The molecule has 2 N–H and O–H groups in total. The first-order valence-corrected chi connectivity index (χ1v) is 5.75. The molecule has 1 rings (SSSR count). The largest absolute Gasteiger partial charge is 0.460 e. The molecule has 1 aromatic carbocycles. The molecule has 0 unspecified atom stereocenters. The molecule has 0 fully saturated rings. The summed E-state index contributed by atoms with van der Waals surface area (Å²) < 4.78 is 86.9. The summed E-state index contributed by atoms with van der Waals surface area (Å²) in [5.74, 6) is -15.4. The van der Waals surface area contributed by atoms with Crippen LogP contribution in [0, 0.1) is 0 Å². The van der Waals surface area contributed by atoms with Gasteiger partial charge >= 0.3 is 18.0 Å². The molecule has 0 aliphatic heterocycles. The van der Waals surface area contributed by atoms with Crippen LogP contribution in [0.25, 0.3) is 0 Å². The standard InChI is InChI=1S/C12H10F7NO2/c13-10(14,11(15,16)12(17,18)19)9(22)20-6-8(21)7-4-2-1-3-5-7/h1-5,8,21H,6H2,(H,20,22)/t8-/m1/s1. The summed E-state index contributed by atoms with van der Waals surface area (Å²) in [7, 11) is 0. The molecule has 1 amide bonds. The summed E-state index contributed by atoms with van der Waals surface area (Å²) in [6, 6.07) is 7.19. The Labute approximate surface area is 119 Å². The molecule has 22 heavy (non-hydrogen) atoms. The second-order valence-corrected chi connectivity index (χ2v) is 4.28. The number of alkyl halides is 7. The van der Waals surface area contributed by atoms with Crippen molar-refractivity contribution >= 4 is 5.91 Å². The van der Waals surface area contributed by atoms with Gasteiger partial charge in [-0.2, -0.15) is 30.7 Å². The van der Waals surface area contributed by atoms with Gasteiger partial charge in [-0.15, -0.1) is 0 Å². The second kappa shape index (κ2) is 6.11. The molecule has 0 aromatic heterocycles. The molecule has 1 aromatic rings. The Balaban J connectivity index is 2.76. The average molecular weight is 333 g/mol. The van der Waals surface area contributed by atoms with Gasteiger partial charge in [0.25, 0.3) is 5.91 Å². The van der Waals surface area contributed by atoms with Gasteiger partial charge < -0.3 is 10.4 Å². The molecule has 3 nitrogen and oxygen atoms in total. The van der Waals surface area contributed by atoms with Gasteiger partial charge in [0, 0.05) is 6.54 Å². The van der Waals surface area contributed by atoms with E-state index in [1.165, 1.54) is 29.6 Å². The van der Waals surface area contributed by atoms with E-state index >= 15 is 0 Å². The number of amides is 1. The Bertz CT molecular complexity index is 516. The van der Waals surface area contributed by atoms with E-state index < -0.39 is 36.6 Å². The average Bonchev–Trinajstić information content (AvgIpc) is 2.43. The lowest BCUT2D eigenvalue weighted by molar-refractivity contribution is -0.344. The Morgan fingerprint density at radius 3 is 2.00 bits per heavy atom. The quantitative estimate of drug-likeness (QED) is 0.814. The lowest BCUT2D eigenvalue weighted by Gasteiger charge is -2.27. The first-order valence-electron chi connectivity index (χ1n) is 5.75. The number of rotatable bonds is 5. The van der Waals surface area contributed by atoms with Crippen LogP contribution in [0.4, 0.5) is 30.7 Å². The highest BCUT2D eigenvalue weighted by molar-refractivity contribution is 5.84. The number of hydrogen-bond acceptors (Lipinski definition) is 2. The van der Waals surface area contributed by atoms with Gasteiger partial charge in [0.15, 0.2) is 0 Å². The molecule has 0 aliphatic rings. The van der Waals surface area contributed by atoms with Crippen molar-refractivity contribution in [3.63, 3.8) is 0 Å². The molecule has 0 radical (unpaired) electrons. The van der Waals surface area contributed by atoms with E-state index in [1.54, 1.807) is 6.07 Å². The van der Waals surface area contributed by atoms with Gasteiger partial charge in [0.05, 0.1) is 6.10 Å². The minimum Gasteiger partial charge on any atom is -0.387 e. The predicted molar refractivity (Wildman–Crippen MR) is 60.4 cm³/mol. The topological polar surface area (TPSA) is 49.3 Å². The van der Waals surface area contributed by atoms with Gasteiger partial charge in [-0.25, -0.2) is 0 Å². The van der Waals surface area contributed by atoms with Crippen LogP contribution in [0.15, 0.2) is 30.3 Å². The summed E-state index contributed by atoms with van der Waals surface area (Å²) >= 11 is 0. The number of nitrogens with one attached hydrogen (secondary N) is 1. The molecule has 0 saturated carbocycles. The zero-order valence-electron chi connectivity index (χ0n) is 10.7. The summed E-state index contributed by atoms with van der Waals surface area (Å²) in [5, 5.41) is 10.7. The van der Waals surface area contributed by atoms with Crippen LogP contribution < -0.4 is 5.32 Å². The number of benzene rings is 1. The third kappa shape index (κ3) is 3.49. The Morgan fingerprint density at radius 2 is 1.55 bits per heavy atom. The molecular formula is C12H10F7NO2. The minimum absolute atomic E-state index is 0.161. The van der Waals surface area contributed by atoms with Crippen molar-refractivity contribution in [2.24, 2.45) is 0 Å². The third-order valence-electron chi connectivity index (χ3n) is 2.68. The SMILES string of the molecule is O=C(NC[C@@H](O)c1ccccc1)C(F)(F)C(F)(F)C(F)(F)F. The highest BCUT2D eigenvalue weighted by Gasteiger charge is 2.76. The fourth-order valence-electron chi connectivity index (χ4n) is 1.41. The molecule has 0 aliphatic carbocycles. The van der Waals surface area contributed by atoms with Crippen LogP contribution in [-0.4, -0.2) is 35.6 Å². The fraction of sp³-hybridized carbons (Fsp3) is 0.417. The second-order valence-electron chi connectivity index (χ2n) is 4.28. The molecule has 1 atom stereocenters. The van der Waals surface area contributed by atoms with E-state index in [0.717, 1.165) is 0 Å². The first-order chi connectivity index (χ1) is 9.91. The number of aliphatic hydroxyl groups is 1. The maximum atomic E-state index is 13.0. The number of halogens is 7. The van der Waals surface area contributed by atoms with Crippen LogP contribution in [0.5, 0.6) is 0 Å². The van der Waals surface area contributed by atoms with E-state index in [2.05, 4.69) is 0 Å². The lowest BCUT2D eigenvalue weighted by atomic mass is 10.1. The van der Waals surface area contributed by atoms with E-state index in [0.29, 0.717) is 0 Å². The minimum atomic E-state index is -6.59. The van der Waals surface area contributed by atoms with Crippen molar-refractivity contribution in [1.29, 1.82) is 0 Å². The van der Waals surface area contributed by atoms with Gasteiger partial charge in [-0.05, 0) is 5.56 Å². The Hall–Kier alpha value is -1.84. The number of carbonyl (C=O) groups excluding carboxylic acids is 1. The lowest BCUT2D eigenvalue weighted by Crippen LogP contribution is -2.59. The van der Waals surface area contributed by atoms with Gasteiger partial charge in [0.2, 0.25) is 0 Å². The van der Waals surface area contributed by atoms with Crippen LogP contribution in [0.1, 0.15) is 11.7 Å². The first kappa shape index (κ1) is 18.2. The number of hydrogen-bond donors (Lipinski definition) is 2. The van der Waals surface area contributed by atoms with Crippen molar-refractivity contribution in [2.75, 3.05) is 6.54 Å². The van der Waals surface area contributed by atoms with Gasteiger partial charge in [0.1, 0.15) is 0 Å². The zero-order valence-corrected chi connectivity index (χ0v) is 10.7. The molecule has 0 saturated heterocycles. The van der Waals surface area contributed by atoms with E-state index in [-0.39, 0.29) is 5.56 Å². The van der Waals surface area contributed by atoms with Crippen molar-refractivity contribution in [1.82, 2.24) is 5.32 Å². The van der Waals surface area contributed by atoms with Gasteiger partial charge in [-0.1, -0.05) is 30.3 Å². The summed E-state index contributed by atoms with van der Waals surface area (Å²) in [6.07, 6.45) is -8.13. The van der Waals surface area contributed by atoms with Crippen LogP contribution >= 0.6 is 0 Å². The molecule has 0 spiro atoms. The van der Waals surface area contributed by atoms with Crippen molar-refractivity contribution in [2.45, 2.75) is 24.1 Å². The van der Waals surface area contributed by atoms with Gasteiger partial charge in [-0.3, -0.25) is 4.79 Å². The van der Waals surface area contributed by atoms with Crippen molar-refractivity contribution < 1.29 is 40.6 Å². The molecule has 0 heterocycles. The van der Waals surface area contributed by atoms with Crippen LogP contribution in [-0.2, 0) is 4.79 Å². The molecular weight excluding hydrogens is 323 g/mol. The highest BCUT2D eigenvalue weighted by atomic mass is 19.4. The molecule has 0 bridgehead atoms. The zero-order chi connectivity index (χ0) is 17.2. The van der Waals surface area contributed by atoms with E-state index in [9.17, 15) is 40.6 Å². The van der Waals surface area contributed by atoms with E-state index in [1.807, 2.05) is 0 Å². The number of aliphatic hydroxyl groups excluding tert-OH is 1. The summed E-state index contributed by atoms with van der Waals surface area (Å²) in [4.78, 5) is 10.9. The number of carbonyl (C=O) groups is 1. The monoisotopic (exact) mass is 333 g/mol. The summed E-state index contributed by atoms with van der Waals surface area (Å²) in [6.45, 7) is -0.952. The van der Waals surface area contributed by atoms with Crippen LogP contribution in [0.3, 0.4) is 0 Å². The molecule has 124 valence electrons.